The quantitative estimate of drug-likeness (QED) is 0.313. The minimum atomic E-state index is -4.12. The van der Waals surface area contributed by atoms with Crippen LogP contribution in [0.4, 0.5) is 5.69 Å². The fraction of sp³-hybridized carbons (Fsp3) is 0.333. The number of hydrogen-bond acceptors (Lipinski definition) is 4. The summed E-state index contributed by atoms with van der Waals surface area (Å²) in [6.45, 7) is 7.79. The minimum Gasteiger partial charge on any atom is -0.354 e. The molecule has 1 unspecified atom stereocenters. The van der Waals surface area contributed by atoms with E-state index in [1.54, 1.807) is 36.4 Å². The number of nitrogens with zero attached hydrogens (tertiary/aromatic N) is 2. The van der Waals surface area contributed by atoms with Crippen molar-refractivity contribution < 1.29 is 18.0 Å². The molecule has 2 amide bonds. The summed E-state index contributed by atoms with van der Waals surface area (Å²) in [5.74, 6) is -0.750. The zero-order chi connectivity index (χ0) is 28.6. The van der Waals surface area contributed by atoms with E-state index in [1.807, 2.05) is 52.0 Å². The Hall–Kier alpha value is -3.36. The normalized spacial score (nSPS) is 12.0. The van der Waals surface area contributed by atoms with Crippen molar-refractivity contribution >= 4 is 39.1 Å². The first-order valence-corrected chi connectivity index (χ1v) is 14.9. The molecule has 0 spiro atoms. The Morgan fingerprint density at radius 1 is 0.923 bits per heavy atom. The first-order chi connectivity index (χ1) is 18.6. The Labute approximate surface area is 236 Å². The SMILES string of the molecule is CCCNC(=O)C(CC)N(Cc1cccc(C)c1)C(=O)CN(c1ccc(Cl)cc1)S(=O)(=O)c1ccc(C)cc1. The molecule has 0 aliphatic heterocycles. The zero-order valence-corrected chi connectivity index (χ0v) is 24.4. The summed E-state index contributed by atoms with van der Waals surface area (Å²) in [4.78, 5) is 28.7. The molecule has 0 saturated carbocycles. The van der Waals surface area contributed by atoms with Crippen molar-refractivity contribution in [3.05, 3.63) is 94.5 Å². The maximum atomic E-state index is 14.0. The van der Waals surface area contributed by atoms with Crippen LogP contribution in [-0.4, -0.2) is 44.3 Å². The molecule has 3 aromatic carbocycles. The van der Waals surface area contributed by atoms with Gasteiger partial charge in [0.25, 0.3) is 10.0 Å². The van der Waals surface area contributed by atoms with Crippen LogP contribution in [0.5, 0.6) is 0 Å². The van der Waals surface area contributed by atoms with Crippen LogP contribution in [-0.2, 0) is 26.2 Å². The van der Waals surface area contributed by atoms with Crippen LogP contribution in [0.3, 0.4) is 0 Å². The highest BCUT2D eigenvalue weighted by Crippen LogP contribution is 2.26. The fourth-order valence-corrected chi connectivity index (χ4v) is 5.81. The van der Waals surface area contributed by atoms with Crippen LogP contribution >= 0.6 is 11.6 Å². The zero-order valence-electron chi connectivity index (χ0n) is 22.9. The summed E-state index contributed by atoms with van der Waals surface area (Å²) in [5, 5.41) is 3.33. The number of aryl methyl sites for hydroxylation is 2. The predicted molar refractivity (Wildman–Crippen MR) is 156 cm³/mol. The van der Waals surface area contributed by atoms with E-state index in [2.05, 4.69) is 5.32 Å². The topological polar surface area (TPSA) is 86.8 Å². The molecular formula is C30H36ClN3O4S. The van der Waals surface area contributed by atoms with Gasteiger partial charge >= 0.3 is 0 Å². The van der Waals surface area contributed by atoms with Crippen molar-refractivity contribution in [2.45, 2.75) is 58.0 Å². The summed E-state index contributed by atoms with van der Waals surface area (Å²) >= 11 is 6.07. The maximum Gasteiger partial charge on any atom is 0.264 e. The molecule has 39 heavy (non-hydrogen) atoms. The molecule has 9 heteroatoms. The first-order valence-electron chi connectivity index (χ1n) is 13.0. The van der Waals surface area contributed by atoms with Crippen molar-refractivity contribution in [2.75, 3.05) is 17.4 Å². The second-order valence-electron chi connectivity index (χ2n) is 9.53. The van der Waals surface area contributed by atoms with Gasteiger partial charge in [-0.2, -0.15) is 0 Å². The molecule has 0 radical (unpaired) electrons. The predicted octanol–water partition coefficient (Wildman–Crippen LogP) is 5.49. The Kier molecular flexibility index (Phi) is 10.5. The number of benzene rings is 3. The lowest BCUT2D eigenvalue weighted by Crippen LogP contribution is -2.52. The van der Waals surface area contributed by atoms with E-state index in [-0.39, 0.29) is 17.3 Å². The number of anilines is 1. The largest absolute Gasteiger partial charge is 0.354 e. The van der Waals surface area contributed by atoms with Gasteiger partial charge in [-0.15, -0.1) is 0 Å². The third-order valence-electron chi connectivity index (χ3n) is 6.37. The smallest absolute Gasteiger partial charge is 0.264 e. The van der Waals surface area contributed by atoms with Crippen molar-refractivity contribution in [1.29, 1.82) is 0 Å². The maximum absolute atomic E-state index is 14.0. The van der Waals surface area contributed by atoms with Crippen LogP contribution in [0.25, 0.3) is 0 Å². The van der Waals surface area contributed by atoms with E-state index in [0.717, 1.165) is 27.4 Å². The highest BCUT2D eigenvalue weighted by molar-refractivity contribution is 7.92. The number of sulfonamides is 1. The third-order valence-corrected chi connectivity index (χ3v) is 8.41. The third kappa shape index (κ3) is 7.83. The van der Waals surface area contributed by atoms with Crippen molar-refractivity contribution in [2.24, 2.45) is 0 Å². The highest BCUT2D eigenvalue weighted by Gasteiger charge is 2.33. The molecule has 0 heterocycles. The summed E-state index contributed by atoms with van der Waals surface area (Å²) in [6.07, 6.45) is 1.13. The summed E-state index contributed by atoms with van der Waals surface area (Å²) in [5.41, 5.74) is 3.08. The van der Waals surface area contributed by atoms with Gasteiger partial charge in [-0.25, -0.2) is 8.42 Å². The van der Waals surface area contributed by atoms with Gasteiger partial charge in [-0.3, -0.25) is 13.9 Å². The molecule has 0 fully saturated rings. The number of amides is 2. The first kappa shape index (κ1) is 30.2. The molecule has 1 N–H and O–H groups in total. The van der Waals surface area contributed by atoms with Gasteiger partial charge in [0, 0.05) is 18.1 Å². The number of rotatable bonds is 12. The van der Waals surface area contributed by atoms with E-state index < -0.39 is 28.5 Å². The van der Waals surface area contributed by atoms with Gasteiger partial charge in [-0.1, -0.05) is 73.0 Å². The van der Waals surface area contributed by atoms with Gasteiger partial charge in [-0.05, 0) is 68.7 Å². The van der Waals surface area contributed by atoms with Crippen molar-refractivity contribution in [3.8, 4) is 0 Å². The molecule has 1 atom stereocenters. The Morgan fingerprint density at radius 2 is 1.59 bits per heavy atom. The molecule has 0 aliphatic carbocycles. The highest BCUT2D eigenvalue weighted by atomic mass is 35.5. The summed E-state index contributed by atoms with van der Waals surface area (Å²) < 4.78 is 28.8. The monoisotopic (exact) mass is 569 g/mol. The summed E-state index contributed by atoms with van der Waals surface area (Å²) in [6, 6.07) is 19.7. The minimum absolute atomic E-state index is 0.0637. The van der Waals surface area contributed by atoms with Gasteiger partial charge in [0.05, 0.1) is 10.6 Å². The van der Waals surface area contributed by atoms with E-state index in [0.29, 0.717) is 23.7 Å². The standard InChI is InChI=1S/C30H36ClN3O4S/c1-5-18-32-30(36)28(6-2)33(20-24-9-7-8-23(4)19-24)29(35)21-34(26-14-12-25(31)13-15-26)39(37,38)27-16-10-22(3)11-17-27/h7-17,19,28H,5-6,18,20-21H2,1-4H3,(H,32,36). The Bertz CT molecular complexity index is 1380. The molecule has 7 nitrogen and oxygen atoms in total. The molecule has 3 rings (SSSR count). The van der Waals surface area contributed by atoms with E-state index in [4.69, 9.17) is 11.6 Å². The van der Waals surface area contributed by atoms with E-state index in [1.165, 1.54) is 17.0 Å². The lowest BCUT2D eigenvalue weighted by Gasteiger charge is -2.33. The van der Waals surface area contributed by atoms with Crippen LogP contribution in [0.1, 0.15) is 43.4 Å². The second kappa shape index (κ2) is 13.6. The van der Waals surface area contributed by atoms with E-state index >= 15 is 0 Å². The number of carbonyl (C=O) groups is 2. The van der Waals surface area contributed by atoms with Gasteiger partial charge < -0.3 is 10.2 Å². The lowest BCUT2D eigenvalue weighted by molar-refractivity contribution is -0.140. The van der Waals surface area contributed by atoms with Crippen LogP contribution in [0.2, 0.25) is 5.02 Å². The van der Waals surface area contributed by atoms with Crippen molar-refractivity contribution in [3.63, 3.8) is 0 Å². The van der Waals surface area contributed by atoms with Crippen LogP contribution in [0.15, 0.2) is 77.7 Å². The molecule has 3 aromatic rings. The lowest BCUT2D eigenvalue weighted by atomic mass is 10.1. The second-order valence-corrected chi connectivity index (χ2v) is 11.8. The van der Waals surface area contributed by atoms with Crippen LogP contribution in [0, 0.1) is 13.8 Å². The molecule has 0 saturated heterocycles. The van der Waals surface area contributed by atoms with Gasteiger partial charge in [0.2, 0.25) is 11.8 Å². The number of halogens is 1. The Balaban J connectivity index is 2.04. The molecule has 0 aromatic heterocycles. The molecule has 208 valence electrons. The number of carbonyl (C=O) groups excluding carboxylic acids is 2. The van der Waals surface area contributed by atoms with E-state index in [9.17, 15) is 18.0 Å². The number of hydrogen-bond donors (Lipinski definition) is 1. The average Bonchev–Trinajstić information content (AvgIpc) is 2.91. The summed E-state index contributed by atoms with van der Waals surface area (Å²) in [7, 11) is -4.12. The van der Waals surface area contributed by atoms with Gasteiger partial charge in [0.15, 0.2) is 0 Å². The number of nitrogens with one attached hydrogen (secondary N) is 1. The molecule has 0 bridgehead atoms. The molecule has 0 aliphatic rings. The van der Waals surface area contributed by atoms with Crippen molar-refractivity contribution in [1.82, 2.24) is 10.2 Å². The average molecular weight is 570 g/mol. The van der Waals surface area contributed by atoms with Gasteiger partial charge in [0.1, 0.15) is 12.6 Å². The van der Waals surface area contributed by atoms with Crippen LogP contribution < -0.4 is 9.62 Å². The Morgan fingerprint density at radius 3 is 2.18 bits per heavy atom. The molecular weight excluding hydrogens is 534 g/mol. The fourth-order valence-electron chi connectivity index (χ4n) is 4.27.